The number of carbonyl (C=O) groups excluding carboxylic acids is 1. The third kappa shape index (κ3) is 3.43. The number of nitrogens with zero attached hydrogens (tertiary/aromatic N) is 1. The summed E-state index contributed by atoms with van der Waals surface area (Å²) >= 11 is 0. The summed E-state index contributed by atoms with van der Waals surface area (Å²) in [5, 5.41) is 9.66. The van der Waals surface area contributed by atoms with Gasteiger partial charge in [-0.15, -0.1) is 0 Å². The van der Waals surface area contributed by atoms with Crippen LogP contribution in [-0.2, 0) is 9.53 Å². The average molecular weight is 324 g/mol. The van der Waals surface area contributed by atoms with Crippen LogP contribution in [0.4, 0.5) is 0 Å². The summed E-state index contributed by atoms with van der Waals surface area (Å²) in [6.45, 7) is -6.43. The van der Waals surface area contributed by atoms with Gasteiger partial charge in [-0.05, 0) is 32.1 Å². The van der Waals surface area contributed by atoms with Gasteiger partial charge < -0.3 is 9.84 Å². The van der Waals surface area contributed by atoms with E-state index < -0.39 is 56.4 Å². The molecule has 23 heavy (non-hydrogen) atoms. The first kappa shape index (κ1) is 9.80. The molecule has 3 atom stereocenters. The van der Waals surface area contributed by atoms with E-state index in [-0.39, 0.29) is 12.8 Å². The quantitative estimate of drug-likeness (QED) is 0.846. The van der Waals surface area contributed by atoms with Gasteiger partial charge in [0.05, 0.1) is 6.61 Å². The topological polar surface area (TPSA) is 49.8 Å². The summed E-state index contributed by atoms with van der Waals surface area (Å²) in [6, 6.07) is 5.15. The first-order valence-corrected chi connectivity index (χ1v) is 8.05. The molecule has 4 nitrogen and oxygen atoms in total. The summed E-state index contributed by atoms with van der Waals surface area (Å²) < 4.78 is 60.7. The highest BCUT2D eigenvalue weighted by molar-refractivity contribution is 5.78. The highest BCUT2D eigenvalue weighted by Crippen LogP contribution is 2.38. The lowest BCUT2D eigenvalue weighted by atomic mass is 9.97. The van der Waals surface area contributed by atoms with E-state index in [0.29, 0.717) is 18.4 Å². The molecule has 3 unspecified atom stereocenters. The van der Waals surface area contributed by atoms with Gasteiger partial charge in [0, 0.05) is 40.5 Å². The number of hydrogen-bond donors (Lipinski definition) is 1. The molecule has 0 aliphatic carbocycles. The predicted octanol–water partition coefficient (Wildman–Crippen LogP) is 2.71. The zero-order valence-electron chi connectivity index (χ0n) is 19.9. The Balaban J connectivity index is 1.76. The lowest BCUT2D eigenvalue weighted by molar-refractivity contribution is -0.155. The molecule has 0 amide bonds. The van der Waals surface area contributed by atoms with E-state index in [4.69, 9.17) is 14.3 Å². The minimum atomic E-state index is -3.02. The zero-order valence-corrected chi connectivity index (χ0v) is 12.9. The van der Waals surface area contributed by atoms with Crippen LogP contribution < -0.4 is 0 Å². The number of aliphatic hydroxyl groups excluding tert-OH is 1. The largest absolute Gasteiger partial charge is 0.462 e. The maximum atomic E-state index is 12.7. The van der Waals surface area contributed by atoms with Crippen LogP contribution in [0.25, 0.3) is 0 Å². The Hall–Kier alpha value is -1.39. The predicted molar refractivity (Wildman–Crippen MR) is 89.2 cm³/mol. The molecule has 1 aromatic carbocycles. The number of rotatable bonds is 5. The van der Waals surface area contributed by atoms with Gasteiger partial charge in [0.25, 0.3) is 0 Å². The van der Waals surface area contributed by atoms with Crippen molar-refractivity contribution in [1.82, 2.24) is 4.90 Å². The number of piperidine rings is 1. The second-order valence-electron chi connectivity index (χ2n) is 6.32. The molecular weight excluding hydrogens is 290 g/mol. The van der Waals surface area contributed by atoms with Crippen LogP contribution in [0.5, 0.6) is 0 Å². The number of aliphatic hydroxyl groups is 1. The molecule has 0 aromatic heterocycles. The van der Waals surface area contributed by atoms with Crippen LogP contribution in [0.15, 0.2) is 30.3 Å². The van der Waals surface area contributed by atoms with E-state index in [1.807, 2.05) is 0 Å². The summed E-state index contributed by atoms with van der Waals surface area (Å²) in [5.74, 6) is -1.38. The van der Waals surface area contributed by atoms with E-state index in [1.54, 1.807) is 30.3 Å². The highest BCUT2D eigenvalue weighted by Gasteiger charge is 2.43. The Morgan fingerprint density at radius 1 is 1.35 bits per heavy atom. The normalized spacial score (nSPS) is 34.8. The van der Waals surface area contributed by atoms with Gasteiger partial charge in [0.15, 0.2) is 0 Å². The highest BCUT2D eigenvalue weighted by atomic mass is 16.5. The molecule has 3 rings (SSSR count). The minimum Gasteiger partial charge on any atom is -0.462 e. The van der Waals surface area contributed by atoms with Crippen molar-refractivity contribution in [3.8, 4) is 0 Å². The molecule has 126 valence electrons. The van der Waals surface area contributed by atoms with E-state index >= 15 is 0 Å². The molecule has 1 aromatic rings. The van der Waals surface area contributed by atoms with Crippen molar-refractivity contribution in [2.75, 3.05) is 6.61 Å². The smallest absolute Gasteiger partial charge is 0.316 e. The van der Waals surface area contributed by atoms with Crippen molar-refractivity contribution in [3.63, 3.8) is 0 Å². The Labute approximate surface area is 148 Å². The van der Waals surface area contributed by atoms with Gasteiger partial charge in [-0.2, -0.15) is 0 Å². The maximum Gasteiger partial charge on any atom is 0.316 e. The molecule has 2 saturated heterocycles. The third-order valence-corrected chi connectivity index (χ3v) is 4.90. The molecule has 2 bridgehead atoms. The molecule has 2 aliphatic rings. The Morgan fingerprint density at radius 2 is 2.00 bits per heavy atom. The number of carbonyl (C=O) groups is 1. The lowest BCUT2D eigenvalue weighted by Gasteiger charge is -2.41. The van der Waals surface area contributed by atoms with Gasteiger partial charge in [-0.25, -0.2) is 0 Å². The molecule has 0 saturated carbocycles. The summed E-state index contributed by atoms with van der Waals surface area (Å²) in [7, 11) is 0. The van der Waals surface area contributed by atoms with Crippen molar-refractivity contribution < 1.29 is 24.2 Å². The summed E-state index contributed by atoms with van der Waals surface area (Å²) in [6.07, 6.45) is 1.12. The minimum absolute atomic E-state index is 0.266. The van der Waals surface area contributed by atoms with Crippen LogP contribution in [0.2, 0.25) is 0 Å². The van der Waals surface area contributed by atoms with E-state index in [2.05, 4.69) is 0 Å². The first-order valence-electron chi connectivity index (χ1n) is 11.5. The maximum absolute atomic E-state index is 12.7. The SMILES string of the molecule is [2H]C([2H])([2H])C([2H])(N1C2CCC1CC(OC(=O)C(CO)c1ccccc1)C2)C([2H])([2H])[2H]. The van der Waals surface area contributed by atoms with Crippen LogP contribution in [-0.4, -0.2) is 46.8 Å². The van der Waals surface area contributed by atoms with E-state index in [1.165, 1.54) is 4.90 Å². The first-order chi connectivity index (χ1) is 13.9. The van der Waals surface area contributed by atoms with Gasteiger partial charge in [-0.1, -0.05) is 30.3 Å². The molecule has 0 spiro atoms. The van der Waals surface area contributed by atoms with Gasteiger partial charge in [0.2, 0.25) is 0 Å². The standard InChI is InChI=1S/C19H27NO3/c1-13(2)20-15-8-9-16(20)11-17(10-15)23-19(22)18(12-21)14-6-4-3-5-7-14/h3-7,13,15-18,21H,8-12H2,1-2H3/i1D3,2D3,13D. The molecule has 1 N–H and O–H groups in total. The molecule has 2 fully saturated rings. The Morgan fingerprint density at radius 3 is 2.57 bits per heavy atom. The van der Waals surface area contributed by atoms with Crippen molar-refractivity contribution in [3.05, 3.63) is 35.9 Å². The van der Waals surface area contributed by atoms with Gasteiger partial charge in [0.1, 0.15) is 12.0 Å². The fourth-order valence-electron chi connectivity index (χ4n) is 3.84. The fourth-order valence-corrected chi connectivity index (χ4v) is 3.84. The number of benzene rings is 1. The Kier molecular flexibility index (Phi) is 2.99. The van der Waals surface area contributed by atoms with E-state index in [9.17, 15) is 9.90 Å². The summed E-state index contributed by atoms with van der Waals surface area (Å²) in [5.41, 5.74) is 0.639. The molecule has 2 aliphatic heterocycles. The lowest BCUT2D eigenvalue weighted by Crippen LogP contribution is -2.49. The molecular formula is C19H27NO3. The van der Waals surface area contributed by atoms with Crippen molar-refractivity contribution >= 4 is 5.97 Å². The second-order valence-corrected chi connectivity index (χ2v) is 6.32. The monoisotopic (exact) mass is 324 g/mol. The van der Waals surface area contributed by atoms with Crippen LogP contribution >= 0.6 is 0 Å². The molecule has 0 radical (unpaired) electrons. The number of fused-ring (bicyclic) bond motifs is 2. The van der Waals surface area contributed by atoms with Crippen LogP contribution in [0, 0.1) is 0 Å². The third-order valence-electron chi connectivity index (χ3n) is 4.90. The van der Waals surface area contributed by atoms with Crippen molar-refractivity contribution in [2.24, 2.45) is 0 Å². The Bertz CT molecular complexity index is 725. The fraction of sp³-hybridized carbons (Fsp3) is 0.632. The zero-order chi connectivity index (χ0) is 22.3. The number of ether oxygens (including phenoxy) is 1. The van der Waals surface area contributed by atoms with Crippen LogP contribution in [0.1, 0.15) is 60.5 Å². The van der Waals surface area contributed by atoms with Crippen molar-refractivity contribution in [2.45, 2.75) is 69.5 Å². The van der Waals surface area contributed by atoms with Crippen molar-refractivity contribution in [1.29, 1.82) is 0 Å². The van der Waals surface area contributed by atoms with E-state index in [0.717, 1.165) is 0 Å². The van der Waals surface area contributed by atoms with Crippen LogP contribution in [0.3, 0.4) is 0 Å². The van der Waals surface area contributed by atoms with Gasteiger partial charge in [-0.3, -0.25) is 9.69 Å². The van der Waals surface area contributed by atoms with Gasteiger partial charge >= 0.3 is 5.97 Å². The average Bonchev–Trinajstić information content (AvgIpc) is 2.91. The molecule has 4 heteroatoms. The number of esters is 1. The molecule has 2 heterocycles. The number of hydrogen-bond acceptors (Lipinski definition) is 4. The summed E-state index contributed by atoms with van der Waals surface area (Å²) in [4.78, 5) is 14.0. The second kappa shape index (κ2) is 7.02.